The van der Waals surface area contributed by atoms with Crippen LogP contribution in [0.5, 0.6) is 5.75 Å². The van der Waals surface area contributed by atoms with Crippen LogP contribution in [0.15, 0.2) is 18.2 Å². The van der Waals surface area contributed by atoms with Crippen molar-refractivity contribution < 1.29 is 13.9 Å². The fourth-order valence-electron chi connectivity index (χ4n) is 1.55. The fourth-order valence-corrected chi connectivity index (χ4v) is 1.55. The quantitative estimate of drug-likeness (QED) is 0.798. The van der Waals surface area contributed by atoms with Gasteiger partial charge in [0, 0.05) is 12.6 Å². The summed E-state index contributed by atoms with van der Waals surface area (Å²) in [5, 5.41) is 5.74. The summed E-state index contributed by atoms with van der Waals surface area (Å²) in [5.41, 5.74) is 0.600. The summed E-state index contributed by atoms with van der Waals surface area (Å²) in [6.07, 6.45) is 0.950. The first kappa shape index (κ1) is 15.3. The predicted octanol–water partition coefficient (Wildman–Crippen LogP) is 2.41. The molecule has 4 nitrogen and oxygen atoms in total. The highest BCUT2D eigenvalue weighted by Crippen LogP contribution is 2.24. The molecule has 1 aromatic carbocycles. The molecule has 0 aliphatic carbocycles. The van der Waals surface area contributed by atoms with Crippen molar-refractivity contribution in [3.63, 3.8) is 0 Å². The van der Waals surface area contributed by atoms with E-state index in [2.05, 4.69) is 24.5 Å². The number of hydrogen-bond acceptors (Lipinski definition) is 3. The van der Waals surface area contributed by atoms with Gasteiger partial charge in [0.2, 0.25) is 5.91 Å². The van der Waals surface area contributed by atoms with Crippen molar-refractivity contribution in [2.75, 3.05) is 25.5 Å². The van der Waals surface area contributed by atoms with Gasteiger partial charge in [0.05, 0.1) is 19.3 Å². The van der Waals surface area contributed by atoms with Crippen LogP contribution in [-0.2, 0) is 4.79 Å². The maximum absolute atomic E-state index is 13.0. The molecule has 0 spiro atoms. The molecule has 106 valence electrons. The average molecular weight is 268 g/mol. The molecule has 0 atom stereocenters. The van der Waals surface area contributed by atoms with Gasteiger partial charge in [-0.05, 0) is 24.5 Å². The minimum absolute atomic E-state index is 0.0907. The van der Waals surface area contributed by atoms with E-state index in [9.17, 15) is 9.18 Å². The van der Waals surface area contributed by atoms with E-state index in [1.807, 2.05) is 0 Å². The summed E-state index contributed by atoms with van der Waals surface area (Å²) in [7, 11) is 1.46. The molecule has 1 amide bonds. The van der Waals surface area contributed by atoms with Crippen LogP contribution in [-0.4, -0.2) is 26.1 Å². The van der Waals surface area contributed by atoms with E-state index < -0.39 is 0 Å². The Kier molecular flexibility index (Phi) is 6.12. The highest BCUT2D eigenvalue weighted by atomic mass is 19.1. The summed E-state index contributed by atoms with van der Waals surface area (Å²) >= 11 is 0. The second-order valence-electron chi connectivity index (χ2n) is 4.73. The number of ether oxygens (including phenoxy) is 1. The maximum Gasteiger partial charge on any atom is 0.239 e. The molecule has 0 fully saturated rings. The number of amides is 1. The lowest BCUT2D eigenvalue weighted by atomic mass is 10.1. The Labute approximate surface area is 113 Å². The smallest absolute Gasteiger partial charge is 0.239 e. The highest BCUT2D eigenvalue weighted by Gasteiger charge is 2.06. The third kappa shape index (κ3) is 5.59. The summed E-state index contributed by atoms with van der Waals surface area (Å²) in [6.45, 7) is 5.01. The molecule has 0 bridgehead atoms. The van der Waals surface area contributed by atoms with Gasteiger partial charge in [-0.15, -0.1) is 0 Å². The summed E-state index contributed by atoms with van der Waals surface area (Å²) in [6, 6.07) is 4.15. The molecule has 0 aliphatic heterocycles. The van der Waals surface area contributed by atoms with E-state index in [1.54, 1.807) is 6.07 Å². The van der Waals surface area contributed by atoms with Crippen LogP contribution in [0.4, 0.5) is 10.1 Å². The SMILES string of the molecule is COc1cc(F)ccc1NCC(=O)NCCC(C)C. The molecule has 0 radical (unpaired) electrons. The van der Waals surface area contributed by atoms with Crippen molar-refractivity contribution in [2.45, 2.75) is 20.3 Å². The molecule has 0 heterocycles. The molecule has 19 heavy (non-hydrogen) atoms. The summed E-state index contributed by atoms with van der Waals surface area (Å²) in [4.78, 5) is 11.6. The van der Waals surface area contributed by atoms with E-state index in [0.717, 1.165) is 6.42 Å². The Morgan fingerprint density at radius 1 is 1.42 bits per heavy atom. The van der Waals surface area contributed by atoms with Gasteiger partial charge in [-0.2, -0.15) is 0 Å². The number of anilines is 1. The lowest BCUT2D eigenvalue weighted by molar-refractivity contribution is -0.119. The Morgan fingerprint density at radius 2 is 2.16 bits per heavy atom. The minimum atomic E-state index is -0.371. The number of carbonyl (C=O) groups excluding carboxylic acids is 1. The second-order valence-corrected chi connectivity index (χ2v) is 4.73. The minimum Gasteiger partial charge on any atom is -0.494 e. The Bertz CT molecular complexity index is 422. The first-order valence-electron chi connectivity index (χ1n) is 6.37. The van der Waals surface area contributed by atoms with Crippen LogP contribution in [0.25, 0.3) is 0 Å². The van der Waals surface area contributed by atoms with Gasteiger partial charge < -0.3 is 15.4 Å². The van der Waals surface area contributed by atoms with Gasteiger partial charge in [0.15, 0.2) is 0 Å². The number of hydrogen-bond donors (Lipinski definition) is 2. The van der Waals surface area contributed by atoms with Crippen LogP contribution in [0.1, 0.15) is 20.3 Å². The summed E-state index contributed by atoms with van der Waals surface area (Å²) < 4.78 is 18.0. The summed E-state index contributed by atoms with van der Waals surface area (Å²) in [5.74, 6) is 0.483. The molecule has 1 aromatic rings. The van der Waals surface area contributed by atoms with Crippen molar-refractivity contribution >= 4 is 11.6 Å². The topological polar surface area (TPSA) is 50.4 Å². The van der Waals surface area contributed by atoms with Gasteiger partial charge in [-0.1, -0.05) is 13.8 Å². The molecular formula is C14H21FN2O2. The number of halogens is 1. The van der Waals surface area contributed by atoms with Crippen LogP contribution < -0.4 is 15.4 Å². The van der Waals surface area contributed by atoms with Gasteiger partial charge in [-0.25, -0.2) is 4.39 Å². The molecule has 1 rings (SSSR count). The monoisotopic (exact) mass is 268 g/mol. The first-order valence-corrected chi connectivity index (χ1v) is 6.37. The van der Waals surface area contributed by atoms with Crippen molar-refractivity contribution in [1.29, 1.82) is 0 Å². The first-order chi connectivity index (χ1) is 9.02. The lowest BCUT2D eigenvalue weighted by Crippen LogP contribution is -2.31. The second kappa shape index (κ2) is 7.61. The number of benzene rings is 1. The largest absolute Gasteiger partial charge is 0.494 e. The fraction of sp³-hybridized carbons (Fsp3) is 0.500. The molecule has 0 saturated heterocycles. The zero-order valence-electron chi connectivity index (χ0n) is 11.6. The molecule has 5 heteroatoms. The molecular weight excluding hydrogens is 247 g/mol. The zero-order chi connectivity index (χ0) is 14.3. The molecule has 0 aromatic heterocycles. The number of nitrogens with one attached hydrogen (secondary N) is 2. The molecule has 0 saturated carbocycles. The number of methoxy groups -OCH3 is 1. The number of carbonyl (C=O) groups is 1. The Morgan fingerprint density at radius 3 is 2.79 bits per heavy atom. The van der Waals surface area contributed by atoms with Crippen LogP contribution in [0, 0.1) is 11.7 Å². The molecule has 0 unspecified atom stereocenters. The van der Waals surface area contributed by atoms with Crippen LogP contribution in [0.3, 0.4) is 0 Å². The maximum atomic E-state index is 13.0. The van der Waals surface area contributed by atoms with Crippen molar-refractivity contribution in [3.8, 4) is 5.75 Å². The van der Waals surface area contributed by atoms with E-state index in [1.165, 1.54) is 19.2 Å². The van der Waals surface area contributed by atoms with Gasteiger partial charge >= 0.3 is 0 Å². The average Bonchev–Trinajstić information content (AvgIpc) is 2.36. The van der Waals surface area contributed by atoms with Crippen LogP contribution >= 0.6 is 0 Å². The van der Waals surface area contributed by atoms with Crippen LogP contribution in [0.2, 0.25) is 0 Å². The van der Waals surface area contributed by atoms with Gasteiger partial charge in [-0.3, -0.25) is 4.79 Å². The predicted molar refractivity (Wildman–Crippen MR) is 73.9 cm³/mol. The third-order valence-corrected chi connectivity index (χ3v) is 2.65. The lowest BCUT2D eigenvalue weighted by Gasteiger charge is -2.11. The zero-order valence-corrected chi connectivity index (χ0v) is 11.6. The van der Waals surface area contributed by atoms with Crippen molar-refractivity contribution in [3.05, 3.63) is 24.0 Å². The Hall–Kier alpha value is -1.78. The van der Waals surface area contributed by atoms with Gasteiger partial charge in [0.1, 0.15) is 11.6 Å². The van der Waals surface area contributed by atoms with E-state index in [0.29, 0.717) is 23.9 Å². The van der Waals surface area contributed by atoms with E-state index in [4.69, 9.17) is 4.74 Å². The number of rotatable bonds is 7. The van der Waals surface area contributed by atoms with E-state index in [-0.39, 0.29) is 18.3 Å². The standard InChI is InChI=1S/C14H21FN2O2/c1-10(2)6-7-16-14(18)9-17-12-5-4-11(15)8-13(12)19-3/h4-5,8,10,17H,6-7,9H2,1-3H3,(H,16,18). The van der Waals surface area contributed by atoms with Crippen molar-refractivity contribution in [1.82, 2.24) is 5.32 Å². The molecule has 2 N–H and O–H groups in total. The van der Waals surface area contributed by atoms with E-state index >= 15 is 0 Å². The Balaban J connectivity index is 2.41. The highest BCUT2D eigenvalue weighted by molar-refractivity contribution is 5.81. The third-order valence-electron chi connectivity index (χ3n) is 2.65. The normalized spacial score (nSPS) is 10.4. The van der Waals surface area contributed by atoms with Gasteiger partial charge in [0.25, 0.3) is 0 Å². The van der Waals surface area contributed by atoms with Crippen molar-refractivity contribution in [2.24, 2.45) is 5.92 Å². The molecule has 0 aliphatic rings.